The Bertz CT molecular complexity index is 431. The maximum absolute atomic E-state index is 13.0. The van der Waals surface area contributed by atoms with Gasteiger partial charge >= 0.3 is 0 Å². The molecule has 0 bridgehead atoms. The summed E-state index contributed by atoms with van der Waals surface area (Å²) in [5.74, 6) is -4.28. The van der Waals surface area contributed by atoms with E-state index < -0.39 is 23.4 Å². The molecular weight excluding hydrogens is 279 g/mol. The Kier molecular flexibility index (Phi) is 6.15. The van der Waals surface area contributed by atoms with Crippen LogP contribution >= 0.6 is 11.6 Å². The fourth-order valence-electron chi connectivity index (χ4n) is 1.63. The van der Waals surface area contributed by atoms with Crippen LogP contribution < -0.4 is 5.32 Å². The molecule has 0 saturated heterocycles. The lowest BCUT2D eigenvalue weighted by atomic mass is 10.0. The van der Waals surface area contributed by atoms with Crippen molar-refractivity contribution in [3.05, 3.63) is 35.1 Å². The molecule has 1 unspecified atom stereocenters. The summed E-state index contributed by atoms with van der Waals surface area (Å²) in [4.78, 5) is 11.7. The van der Waals surface area contributed by atoms with Gasteiger partial charge in [-0.2, -0.15) is 0 Å². The number of hydrogen-bond acceptors (Lipinski definition) is 1. The van der Waals surface area contributed by atoms with Crippen molar-refractivity contribution in [2.75, 3.05) is 12.4 Å². The third kappa shape index (κ3) is 4.42. The minimum absolute atomic E-state index is 0.205. The molecule has 0 aliphatic carbocycles. The molecule has 0 fully saturated rings. The minimum Gasteiger partial charge on any atom is -0.352 e. The second-order valence-corrected chi connectivity index (χ2v) is 4.59. The monoisotopic (exact) mass is 293 g/mol. The van der Waals surface area contributed by atoms with E-state index in [4.69, 9.17) is 11.6 Å². The van der Waals surface area contributed by atoms with Crippen molar-refractivity contribution in [3.63, 3.8) is 0 Å². The smallest absolute Gasteiger partial charge is 0.251 e. The Morgan fingerprint density at radius 1 is 1.32 bits per heavy atom. The maximum atomic E-state index is 13.0. The molecule has 0 heterocycles. The summed E-state index contributed by atoms with van der Waals surface area (Å²) in [6, 6.07) is 1.35. The lowest BCUT2D eigenvalue weighted by Crippen LogP contribution is -2.29. The van der Waals surface area contributed by atoms with Crippen LogP contribution in [0.1, 0.15) is 30.1 Å². The summed E-state index contributed by atoms with van der Waals surface area (Å²) in [6.45, 7) is 2.32. The second kappa shape index (κ2) is 7.38. The quantitative estimate of drug-likeness (QED) is 0.631. The van der Waals surface area contributed by atoms with E-state index in [0.717, 1.165) is 12.8 Å². The normalized spacial score (nSPS) is 12.3. The maximum Gasteiger partial charge on any atom is 0.251 e. The van der Waals surface area contributed by atoms with Crippen LogP contribution in [0.15, 0.2) is 12.1 Å². The van der Waals surface area contributed by atoms with Gasteiger partial charge in [0.15, 0.2) is 17.5 Å². The molecule has 106 valence electrons. The van der Waals surface area contributed by atoms with Gasteiger partial charge in [-0.1, -0.05) is 13.3 Å². The molecular formula is C13H15ClF3NO. The predicted octanol–water partition coefficient (Wildman–Crippen LogP) is 3.49. The zero-order valence-corrected chi connectivity index (χ0v) is 11.2. The first-order valence-electron chi connectivity index (χ1n) is 5.98. The number of carbonyl (C=O) groups excluding carboxylic acids is 1. The molecule has 1 N–H and O–H groups in total. The van der Waals surface area contributed by atoms with E-state index in [1.54, 1.807) is 0 Å². The van der Waals surface area contributed by atoms with Gasteiger partial charge in [-0.05, 0) is 24.5 Å². The number of halogens is 4. The third-order valence-corrected chi connectivity index (χ3v) is 3.11. The van der Waals surface area contributed by atoms with Crippen molar-refractivity contribution in [1.82, 2.24) is 5.32 Å². The van der Waals surface area contributed by atoms with Crippen molar-refractivity contribution in [3.8, 4) is 0 Å². The molecule has 1 aromatic rings. The van der Waals surface area contributed by atoms with Gasteiger partial charge in [0.25, 0.3) is 5.91 Å². The van der Waals surface area contributed by atoms with Crippen molar-refractivity contribution < 1.29 is 18.0 Å². The first-order chi connectivity index (χ1) is 8.99. The topological polar surface area (TPSA) is 29.1 Å². The standard InChI is InChI=1S/C13H15ClF3NO/c1-2-8(3-4-14)7-18-13(19)9-5-10(15)12(17)11(16)6-9/h5-6,8H,2-4,7H2,1H3,(H,18,19). The van der Waals surface area contributed by atoms with E-state index in [1.165, 1.54) is 0 Å². The van der Waals surface area contributed by atoms with Crippen molar-refractivity contribution in [2.24, 2.45) is 5.92 Å². The summed E-state index contributed by atoms with van der Waals surface area (Å²) in [7, 11) is 0. The molecule has 1 amide bonds. The summed E-state index contributed by atoms with van der Waals surface area (Å²) < 4.78 is 38.7. The Morgan fingerprint density at radius 3 is 2.37 bits per heavy atom. The van der Waals surface area contributed by atoms with Gasteiger partial charge in [0.1, 0.15) is 0 Å². The number of alkyl halides is 1. The van der Waals surface area contributed by atoms with E-state index in [1.807, 2.05) is 6.92 Å². The van der Waals surface area contributed by atoms with Crippen LogP contribution in [0.3, 0.4) is 0 Å². The van der Waals surface area contributed by atoms with E-state index in [0.29, 0.717) is 24.6 Å². The van der Waals surface area contributed by atoms with Crippen molar-refractivity contribution in [1.29, 1.82) is 0 Å². The SMILES string of the molecule is CCC(CCCl)CNC(=O)c1cc(F)c(F)c(F)c1. The number of benzene rings is 1. The number of amides is 1. The third-order valence-electron chi connectivity index (χ3n) is 2.89. The van der Waals surface area contributed by atoms with Crippen molar-refractivity contribution >= 4 is 17.5 Å². The van der Waals surface area contributed by atoms with E-state index in [9.17, 15) is 18.0 Å². The number of carbonyl (C=O) groups is 1. The number of nitrogens with one attached hydrogen (secondary N) is 1. The van der Waals surface area contributed by atoms with Gasteiger partial charge in [0.2, 0.25) is 0 Å². The molecule has 1 rings (SSSR count). The zero-order chi connectivity index (χ0) is 14.4. The second-order valence-electron chi connectivity index (χ2n) is 4.22. The Labute approximate surface area is 114 Å². The minimum atomic E-state index is -1.58. The first kappa shape index (κ1) is 15.8. The van der Waals surface area contributed by atoms with Crippen LogP contribution in [0.4, 0.5) is 13.2 Å². The van der Waals surface area contributed by atoms with Crippen LogP contribution in [0.5, 0.6) is 0 Å². The van der Waals surface area contributed by atoms with Gasteiger partial charge in [-0.15, -0.1) is 11.6 Å². The molecule has 0 spiro atoms. The van der Waals surface area contributed by atoms with Gasteiger partial charge in [0.05, 0.1) is 0 Å². The van der Waals surface area contributed by atoms with Gasteiger partial charge in [0, 0.05) is 18.0 Å². The highest BCUT2D eigenvalue weighted by atomic mass is 35.5. The summed E-state index contributed by atoms with van der Waals surface area (Å²) in [6.07, 6.45) is 1.57. The molecule has 1 aromatic carbocycles. The highest BCUT2D eigenvalue weighted by molar-refractivity contribution is 6.17. The number of rotatable bonds is 6. The fraction of sp³-hybridized carbons (Fsp3) is 0.462. The predicted molar refractivity (Wildman–Crippen MR) is 67.8 cm³/mol. The summed E-state index contributed by atoms with van der Waals surface area (Å²) >= 11 is 5.61. The molecule has 2 nitrogen and oxygen atoms in total. The lowest BCUT2D eigenvalue weighted by Gasteiger charge is -2.14. The van der Waals surface area contributed by atoms with Crippen LogP contribution in [-0.4, -0.2) is 18.3 Å². The lowest BCUT2D eigenvalue weighted by molar-refractivity contribution is 0.0945. The average molecular weight is 294 g/mol. The van der Waals surface area contributed by atoms with Crippen LogP contribution in [-0.2, 0) is 0 Å². The molecule has 0 radical (unpaired) electrons. The summed E-state index contributed by atoms with van der Waals surface area (Å²) in [5.41, 5.74) is -0.239. The van der Waals surface area contributed by atoms with Crippen molar-refractivity contribution in [2.45, 2.75) is 19.8 Å². The molecule has 6 heteroatoms. The molecule has 19 heavy (non-hydrogen) atoms. The Morgan fingerprint density at radius 2 is 1.89 bits per heavy atom. The number of hydrogen-bond donors (Lipinski definition) is 1. The first-order valence-corrected chi connectivity index (χ1v) is 6.51. The highest BCUT2D eigenvalue weighted by Crippen LogP contribution is 2.14. The summed E-state index contributed by atoms with van der Waals surface area (Å²) in [5, 5.41) is 2.56. The van der Waals surface area contributed by atoms with Crippen LogP contribution in [0, 0.1) is 23.4 Å². The zero-order valence-electron chi connectivity index (χ0n) is 10.5. The van der Waals surface area contributed by atoms with Gasteiger partial charge < -0.3 is 5.32 Å². The van der Waals surface area contributed by atoms with E-state index in [2.05, 4.69) is 5.32 Å². The van der Waals surface area contributed by atoms with Crippen LogP contribution in [0.2, 0.25) is 0 Å². The molecule has 1 atom stereocenters. The molecule has 0 aliphatic rings. The Balaban J connectivity index is 2.68. The Hall–Kier alpha value is -1.23. The van der Waals surface area contributed by atoms with E-state index >= 15 is 0 Å². The average Bonchev–Trinajstić information content (AvgIpc) is 2.39. The highest BCUT2D eigenvalue weighted by Gasteiger charge is 2.15. The van der Waals surface area contributed by atoms with Crippen LogP contribution in [0.25, 0.3) is 0 Å². The molecule has 0 saturated carbocycles. The fourth-order valence-corrected chi connectivity index (χ4v) is 1.94. The largest absolute Gasteiger partial charge is 0.352 e. The molecule has 0 aliphatic heterocycles. The molecule has 0 aromatic heterocycles. The van der Waals surface area contributed by atoms with Gasteiger partial charge in [-0.25, -0.2) is 13.2 Å². The van der Waals surface area contributed by atoms with E-state index in [-0.39, 0.29) is 11.5 Å². The van der Waals surface area contributed by atoms with Gasteiger partial charge in [-0.3, -0.25) is 4.79 Å².